The normalized spacial score (nSPS) is 18.2. The lowest BCUT2D eigenvalue weighted by atomic mass is 10.0. The molecule has 2 unspecified atom stereocenters. The number of aromatic nitrogens is 2. The highest BCUT2D eigenvalue weighted by molar-refractivity contribution is 8.14. The molecule has 4 rings (SSSR count). The van der Waals surface area contributed by atoms with E-state index in [0.29, 0.717) is 22.7 Å². The Morgan fingerprint density at radius 1 is 1.22 bits per heavy atom. The van der Waals surface area contributed by atoms with Gasteiger partial charge in [0, 0.05) is 12.0 Å². The molecule has 2 N–H and O–H groups in total. The van der Waals surface area contributed by atoms with Crippen molar-refractivity contribution in [2.45, 2.75) is 29.1 Å². The van der Waals surface area contributed by atoms with Crippen LogP contribution < -0.4 is 5.32 Å². The molecule has 1 saturated heterocycles. The molecule has 3 aromatic rings. The number of nitrogens with zero attached hydrogens (tertiary/aromatic N) is 2. The van der Waals surface area contributed by atoms with Gasteiger partial charge in [0.05, 0.1) is 11.0 Å². The average Bonchev–Trinajstić information content (AvgIpc) is 3.14. The van der Waals surface area contributed by atoms with E-state index in [-0.39, 0.29) is 12.5 Å². The largest absolute Gasteiger partial charge is 0.480 e. The quantitative estimate of drug-likeness (QED) is 0.484. The second-order valence-corrected chi connectivity index (χ2v) is 11.1. The zero-order valence-electron chi connectivity index (χ0n) is 17.4. The number of piperidine rings is 1. The predicted molar refractivity (Wildman–Crippen MR) is 127 cm³/mol. The number of hydrogen-bond donors (Lipinski definition) is 2. The van der Waals surface area contributed by atoms with Crippen molar-refractivity contribution in [1.82, 2.24) is 14.9 Å². The third-order valence-corrected chi connectivity index (χ3v) is 9.21. The van der Waals surface area contributed by atoms with E-state index in [1.54, 1.807) is 22.8 Å². The summed E-state index contributed by atoms with van der Waals surface area (Å²) in [7, 11) is -3.66. The highest BCUT2D eigenvalue weighted by Crippen LogP contribution is 2.37. The van der Waals surface area contributed by atoms with Crippen LogP contribution in [0.25, 0.3) is 17.1 Å². The van der Waals surface area contributed by atoms with Gasteiger partial charge in [0.1, 0.15) is 11.1 Å². The number of carboxylic acids is 1. The Labute approximate surface area is 191 Å². The number of imidazole rings is 1. The zero-order valence-corrected chi connectivity index (χ0v) is 19.1. The van der Waals surface area contributed by atoms with E-state index in [4.69, 9.17) is 0 Å². The number of benzene rings is 2. The third-order valence-electron chi connectivity index (χ3n) is 5.43. The van der Waals surface area contributed by atoms with Crippen molar-refractivity contribution in [2.75, 3.05) is 13.1 Å². The van der Waals surface area contributed by atoms with E-state index in [0.717, 1.165) is 36.7 Å². The van der Waals surface area contributed by atoms with Crippen LogP contribution in [-0.2, 0) is 21.2 Å². The molecule has 1 aliphatic heterocycles. The standard InChI is InChI=1S/C23H25N3O4S2/c27-21(28)16-26-20-11-5-4-10-19(20)25-23(26)31-22(18-9-6-13-24-15-18)32(29,30)14-12-17-7-2-1-3-8-17/h1-5,7-8,10-12,14,18,22,24H,6,9,13,15-16H2,(H,27,28). The number of thioether (sulfide) groups is 1. The first-order valence-corrected chi connectivity index (χ1v) is 12.9. The number of aliphatic carboxylic acids is 1. The van der Waals surface area contributed by atoms with E-state index in [2.05, 4.69) is 10.3 Å². The number of carboxylic acid groups (broad SMARTS) is 1. The molecule has 2 aromatic carbocycles. The van der Waals surface area contributed by atoms with E-state index in [1.165, 1.54) is 5.41 Å². The minimum atomic E-state index is -3.66. The highest BCUT2D eigenvalue weighted by atomic mass is 32.3. The Bertz CT molecular complexity index is 1220. The maximum atomic E-state index is 13.5. The fraction of sp³-hybridized carbons (Fsp3) is 0.304. The molecule has 32 heavy (non-hydrogen) atoms. The van der Waals surface area contributed by atoms with Gasteiger partial charge in [-0.25, -0.2) is 13.4 Å². The molecule has 168 valence electrons. The summed E-state index contributed by atoms with van der Waals surface area (Å²) in [4.78, 5) is 16.1. The molecule has 2 heterocycles. The van der Waals surface area contributed by atoms with Crippen LogP contribution in [-0.4, -0.2) is 46.7 Å². The number of rotatable bonds is 8. The molecular weight excluding hydrogens is 446 g/mol. The molecule has 1 aliphatic rings. The van der Waals surface area contributed by atoms with Crippen LogP contribution in [0.1, 0.15) is 18.4 Å². The van der Waals surface area contributed by atoms with Crippen LogP contribution in [0.3, 0.4) is 0 Å². The minimum Gasteiger partial charge on any atom is -0.480 e. The SMILES string of the molecule is O=C(O)Cn1c(SC(C2CCCNC2)S(=O)(=O)C=Cc2ccccc2)nc2ccccc21. The van der Waals surface area contributed by atoms with Gasteiger partial charge in [0.25, 0.3) is 0 Å². The third kappa shape index (κ3) is 5.23. The van der Waals surface area contributed by atoms with Gasteiger partial charge in [-0.05, 0) is 49.1 Å². The lowest BCUT2D eigenvalue weighted by molar-refractivity contribution is -0.137. The Morgan fingerprint density at radius 3 is 2.69 bits per heavy atom. The average molecular weight is 472 g/mol. The van der Waals surface area contributed by atoms with Crippen LogP contribution in [0.5, 0.6) is 0 Å². The molecule has 1 fully saturated rings. The summed E-state index contributed by atoms with van der Waals surface area (Å²) in [6.45, 7) is 1.18. The molecule has 0 spiro atoms. The van der Waals surface area contributed by atoms with E-state index in [9.17, 15) is 18.3 Å². The zero-order chi connectivity index (χ0) is 22.6. The highest BCUT2D eigenvalue weighted by Gasteiger charge is 2.35. The Morgan fingerprint density at radius 2 is 1.97 bits per heavy atom. The molecule has 0 radical (unpaired) electrons. The summed E-state index contributed by atoms with van der Waals surface area (Å²) in [5, 5.41) is 14.4. The first-order valence-electron chi connectivity index (χ1n) is 10.5. The fourth-order valence-corrected chi connectivity index (χ4v) is 7.22. The Kier molecular flexibility index (Phi) is 6.98. The van der Waals surface area contributed by atoms with Crippen molar-refractivity contribution in [3.63, 3.8) is 0 Å². The summed E-state index contributed by atoms with van der Waals surface area (Å²) in [5.74, 6) is -1.12. The number of carbonyl (C=O) groups is 1. The molecule has 2 atom stereocenters. The van der Waals surface area contributed by atoms with Crippen LogP contribution in [0.2, 0.25) is 0 Å². The smallest absolute Gasteiger partial charge is 0.323 e. The molecule has 0 aliphatic carbocycles. The minimum absolute atomic E-state index is 0.114. The molecule has 0 amide bonds. The van der Waals surface area contributed by atoms with Crippen LogP contribution in [0, 0.1) is 5.92 Å². The topological polar surface area (TPSA) is 101 Å². The Hall–Kier alpha value is -2.62. The van der Waals surface area contributed by atoms with Crippen molar-refractivity contribution in [2.24, 2.45) is 5.92 Å². The molecule has 9 heteroatoms. The second-order valence-electron chi connectivity index (χ2n) is 7.76. The van der Waals surface area contributed by atoms with Gasteiger partial charge in [-0.1, -0.05) is 54.2 Å². The summed E-state index contributed by atoms with van der Waals surface area (Å²) >= 11 is 1.14. The van der Waals surface area contributed by atoms with Crippen molar-refractivity contribution in [3.05, 3.63) is 65.6 Å². The number of para-hydroxylation sites is 2. The van der Waals surface area contributed by atoms with Crippen molar-refractivity contribution in [3.8, 4) is 0 Å². The van der Waals surface area contributed by atoms with E-state index < -0.39 is 20.4 Å². The molecule has 7 nitrogen and oxygen atoms in total. The summed E-state index contributed by atoms with van der Waals surface area (Å²) < 4.78 is 27.7. The second kappa shape index (κ2) is 9.89. The maximum Gasteiger partial charge on any atom is 0.323 e. The van der Waals surface area contributed by atoms with Gasteiger partial charge in [-0.2, -0.15) is 0 Å². The summed E-state index contributed by atoms with van der Waals surface area (Å²) in [6.07, 6.45) is 3.28. The van der Waals surface area contributed by atoms with Crippen LogP contribution in [0.4, 0.5) is 0 Å². The number of fused-ring (bicyclic) bond motifs is 1. The Balaban J connectivity index is 1.71. The number of hydrogen-bond acceptors (Lipinski definition) is 6. The van der Waals surface area contributed by atoms with E-state index >= 15 is 0 Å². The van der Waals surface area contributed by atoms with Gasteiger partial charge in [0.15, 0.2) is 15.0 Å². The molecule has 0 bridgehead atoms. The first-order chi connectivity index (χ1) is 15.4. The fourth-order valence-electron chi connectivity index (χ4n) is 3.89. The van der Waals surface area contributed by atoms with Gasteiger partial charge in [-0.3, -0.25) is 4.79 Å². The first kappa shape index (κ1) is 22.6. The van der Waals surface area contributed by atoms with Crippen molar-refractivity contribution < 1.29 is 18.3 Å². The van der Waals surface area contributed by atoms with Gasteiger partial charge >= 0.3 is 5.97 Å². The van der Waals surface area contributed by atoms with Gasteiger partial charge in [-0.15, -0.1) is 0 Å². The van der Waals surface area contributed by atoms with E-state index in [1.807, 2.05) is 42.5 Å². The van der Waals surface area contributed by atoms with Gasteiger partial charge in [0.2, 0.25) is 0 Å². The number of nitrogens with one attached hydrogen (secondary N) is 1. The lowest BCUT2D eigenvalue weighted by Crippen LogP contribution is -2.38. The van der Waals surface area contributed by atoms with Crippen molar-refractivity contribution >= 4 is 44.7 Å². The van der Waals surface area contributed by atoms with Crippen LogP contribution in [0.15, 0.2) is 65.2 Å². The summed E-state index contributed by atoms with van der Waals surface area (Å²) in [6, 6.07) is 16.6. The monoisotopic (exact) mass is 471 g/mol. The van der Waals surface area contributed by atoms with Crippen molar-refractivity contribution in [1.29, 1.82) is 0 Å². The lowest BCUT2D eigenvalue weighted by Gasteiger charge is -2.29. The van der Waals surface area contributed by atoms with Gasteiger partial charge < -0.3 is 15.0 Å². The van der Waals surface area contributed by atoms with Crippen LogP contribution >= 0.6 is 11.8 Å². The maximum absolute atomic E-state index is 13.5. The number of sulfone groups is 1. The molecular formula is C23H25N3O4S2. The molecule has 0 saturated carbocycles. The molecule has 1 aromatic heterocycles. The predicted octanol–water partition coefficient (Wildman–Crippen LogP) is 3.62. The summed E-state index contributed by atoms with van der Waals surface area (Å²) in [5.41, 5.74) is 2.13.